The first kappa shape index (κ1) is 13.4. The van der Waals surface area contributed by atoms with E-state index in [1.165, 1.54) is 0 Å². The van der Waals surface area contributed by atoms with Gasteiger partial charge in [-0.2, -0.15) is 4.73 Å². The van der Waals surface area contributed by atoms with Crippen LogP contribution in [0.15, 0.2) is 48.5 Å². The van der Waals surface area contributed by atoms with Crippen LogP contribution in [-0.2, 0) is 12.9 Å². The first-order chi connectivity index (χ1) is 8.77. The molecule has 0 aliphatic carbocycles. The zero-order chi connectivity index (χ0) is 13.0. The standard InChI is InChI=1S/C12H8N2O.2ClH.Co/c15-14-11-7-3-1-5-9(11)13-10-6-2-4-8-12(10)14;;;/h1-8H;2*1H;/q;;;+2/p-2. The van der Waals surface area contributed by atoms with Gasteiger partial charge in [-0.05, 0) is 12.1 Å². The molecule has 95 valence electrons. The first-order valence-corrected chi connectivity index (χ1v) is 7.85. The molecule has 3 nitrogen and oxygen atoms in total. The van der Waals surface area contributed by atoms with E-state index in [-0.39, 0.29) is 0 Å². The third-order valence-corrected chi connectivity index (χ3v) is 2.44. The number of hydrogen-bond donors (Lipinski definition) is 0. The van der Waals surface area contributed by atoms with Crippen molar-refractivity contribution in [2.24, 2.45) is 0 Å². The van der Waals surface area contributed by atoms with Crippen molar-refractivity contribution in [3.8, 4) is 0 Å². The Labute approximate surface area is 118 Å². The predicted octanol–water partition coefficient (Wildman–Crippen LogP) is 3.40. The van der Waals surface area contributed by atoms with Crippen molar-refractivity contribution in [2.75, 3.05) is 0 Å². The predicted molar refractivity (Wildman–Crippen MR) is 69.9 cm³/mol. The van der Waals surface area contributed by atoms with Gasteiger partial charge in [0, 0.05) is 12.1 Å². The topological polar surface area (TPSA) is 39.8 Å². The Morgan fingerprint density at radius 3 is 1.72 bits per heavy atom. The molecule has 0 bridgehead atoms. The summed E-state index contributed by atoms with van der Waals surface area (Å²) in [4.78, 5) is 4.42. The van der Waals surface area contributed by atoms with Gasteiger partial charge in [0.25, 0.3) is 0 Å². The SMILES string of the molecule is [Cl][Co][Cl].[O-][n+]1c2ccccc2nc2ccccc21. The van der Waals surface area contributed by atoms with Crippen molar-refractivity contribution in [2.45, 2.75) is 0 Å². The summed E-state index contributed by atoms with van der Waals surface area (Å²) in [6, 6.07) is 14.7. The molecule has 18 heavy (non-hydrogen) atoms. The fourth-order valence-electron chi connectivity index (χ4n) is 1.72. The molecule has 3 aromatic rings. The maximum Gasteiger partial charge on any atom is 0.242 e. The minimum atomic E-state index is 0.382. The monoisotopic (exact) mass is 325 g/mol. The molecule has 0 spiro atoms. The van der Waals surface area contributed by atoms with Crippen LogP contribution in [0, 0.1) is 5.21 Å². The van der Waals surface area contributed by atoms with Gasteiger partial charge in [-0.15, -0.1) is 0 Å². The van der Waals surface area contributed by atoms with Crippen LogP contribution in [0.4, 0.5) is 0 Å². The minimum absolute atomic E-state index is 0.382. The summed E-state index contributed by atoms with van der Waals surface area (Å²) < 4.78 is 0.928. The molecule has 0 fully saturated rings. The molecule has 0 aliphatic heterocycles. The Bertz CT molecular complexity index is 624. The molecule has 0 amide bonds. The van der Waals surface area contributed by atoms with E-state index in [2.05, 4.69) is 4.98 Å². The third-order valence-electron chi connectivity index (χ3n) is 2.44. The second-order valence-electron chi connectivity index (χ2n) is 3.43. The normalized spacial score (nSPS) is 10.3. The molecular formula is C12H8Cl2CoN2O. The van der Waals surface area contributed by atoms with Gasteiger partial charge in [0.2, 0.25) is 11.0 Å². The average molecular weight is 326 g/mol. The maximum atomic E-state index is 12.0. The van der Waals surface area contributed by atoms with Gasteiger partial charge < -0.3 is 5.21 Å². The van der Waals surface area contributed by atoms with E-state index in [1.54, 1.807) is 12.1 Å². The number of para-hydroxylation sites is 4. The molecule has 0 unspecified atom stereocenters. The summed E-state index contributed by atoms with van der Waals surface area (Å²) in [5.41, 5.74) is 2.67. The van der Waals surface area contributed by atoms with E-state index < -0.39 is 0 Å². The fraction of sp³-hybridized carbons (Fsp3) is 0. The maximum absolute atomic E-state index is 12.0. The van der Waals surface area contributed by atoms with E-state index in [1.807, 2.05) is 36.4 Å². The van der Waals surface area contributed by atoms with E-state index in [4.69, 9.17) is 20.3 Å². The summed E-state index contributed by atoms with van der Waals surface area (Å²) in [6.07, 6.45) is 0. The van der Waals surface area contributed by atoms with Gasteiger partial charge in [0.1, 0.15) is 11.0 Å². The van der Waals surface area contributed by atoms with Gasteiger partial charge in [0.05, 0.1) is 0 Å². The average Bonchev–Trinajstić information content (AvgIpc) is 2.40. The van der Waals surface area contributed by atoms with Crippen molar-refractivity contribution in [3.05, 3.63) is 53.7 Å². The van der Waals surface area contributed by atoms with E-state index >= 15 is 0 Å². The number of fused-ring (bicyclic) bond motifs is 2. The number of hydrogen-bond acceptors (Lipinski definition) is 2. The fourth-order valence-corrected chi connectivity index (χ4v) is 1.72. The van der Waals surface area contributed by atoms with Gasteiger partial charge in [-0.25, -0.2) is 4.98 Å². The minimum Gasteiger partial charge on any atom is -0.618 e. The Morgan fingerprint density at radius 2 is 1.28 bits per heavy atom. The van der Waals surface area contributed by atoms with Crippen molar-refractivity contribution in [3.63, 3.8) is 0 Å². The van der Waals surface area contributed by atoms with Crippen LogP contribution >= 0.6 is 20.3 Å². The van der Waals surface area contributed by atoms with Crippen molar-refractivity contribution < 1.29 is 17.6 Å². The van der Waals surface area contributed by atoms with Crippen LogP contribution < -0.4 is 4.73 Å². The van der Waals surface area contributed by atoms with Crippen molar-refractivity contribution in [1.82, 2.24) is 4.98 Å². The van der Waals surface area contributed by atoms with Gasteiger partial charge >= 0.3 is 33.2 Å². The summed E-state index contributed by atoms with van der Waals surface area (Å²) in [5.74, 6) is 0. The van der Waals surface area contributed by atoms with E-state index in [0.29, 0.717) is 23.9 Å². The van der Waals surface area contributed by atoms with Crippen LogP contribution in [0.3, 0.4) is 0 Å². The van der Waals surface area contributed by atoms with Crippen LogP contribution in [-0.4, -0.2) is 4.98 Å². The third kappa shape index (κ3) is 2.67. The molecule has 1 heterocycles. The molecular weight excluding hydrogens is 318 g/mol. The molecule has 1 aromatic heterocycles. The zero-order valence-corrected chi connectivity index (χ0v) is 11.6. The van der Waals surface area contributed by atoms with Crippen LogP contribution in [0.1, 0.15) is 0 Å². The van der Waals surface area contributed by atoms with Gasteiger partial charge in [-0.1, -0.05) is 24.3 Å². The summed E-state index contributed by atoms with van der Waals surface area (Å²) in [7, 11) is 9.47. The second kappa shape index (κ2) is 6.20. The zero-order valence-electron chi connectivity index (χ0n) is 9.01. The van der Waals surface area contributed by atoms with Gasteiger partial charge in [0.15, 0.2) is 0 Å². The number of benzene rings is 2. The molecule has 0 aliphatic rings. The molecule has 0 radical (unpaired) electrons. The van der Waals surface area contributed by atoms with E-state index in [9.17, 15) is 5.21 Å². The largest absolute Gasteiger partial charge is 0.618 e. The van der Waals surface area contributed by atoms with Crippen molar-refractivity contribution >= 4 is 42.4 Å². The number of rotatable bonds is 0. The van der Waals surface area contributed by atoms with Gasteiger partial charge in [-0.3, -0.25) is 0 Å². The summed E-state index contributed by atoms with van der Waals surface area (Å²) >= 11 is 0.382. The molecule has 0 atom stereocenters. The first-order valence-electron chi connectivity index (χ1n) is 4.98. The Hall–Kier alpha value is -1.07. The molecule has 0 saturated heterocycles. The second-order valence-corrected chi connectivity index (χ2v) is 5.15. The Kier molecular flexibility index (Phi) is 4.60. The van der Waals surface area contributed by atoms with Crippen LogP contribution in [0.25, 0.3) is 22.1 Å². The van der Waals surface area contributed by atoms with Crippen molar-refractivity contribution in [1.29, 1.82) is 0 Å². The molecule has 0 saturated carbocycles. The van der Waals surface area contributed by atoms with Crippen LogP contribution in [0.2, 0.25) is 0 Å². The smallest absolute Gasteiger partial charge is 0.242 e. The molecule has 0 N–H and O–H groups in total. The molecule has 2 aromatic carbocycles. The summed E-state index contributed by atoms with van der Waals surface area (Å²) in [5, 5.41) is 12.0. The Morgan fingerprint density at radius 1 is 0.889 bits per heavy atom. The number of nitrogens with zero attached hydrogens (tertiary/aromatic N) is 2. The quantitative estimate of drug-likeness (QED) is 0.361. The number of halogens is 2. The molecule has 3 rings (SSSR count). The summed E-state index contributed by atoms with van der Waals surface area (Å²) in [6.45, 7) is 0. The number of aromatic nitrogens is 2. The van der Waals surface area contributed by atoms with Crippen LogP contribution in [0.5, 0.6) is 0 Å². The Balaban J connectivity index is 0.000000367. The van der Waals surface area contributed by atoms with E-state index in [0.717, 1.165) is 15.8 Å². The molecule has 6 heteroatoms.